The molecule has 2 amide bonds. The summed E-state index contributed by atoms with van der Waals surface area (Å²) in [7, 11) is 0. The van der Waals surface area contributed by atoms with Gasteiger partial charge in [0.05, 0.1) is 0 Å². The number of aryl methyl sites for hydroxylation is 1. The molecule has 1 unspecified atom stereocenters. The van der Waals surface area contributed by atoms with Gasteiger partial charge in [0.2, 0.25) is 0 Å². The lowest BCUT2D eigenvalue weighted by Gasteiger charge is -2.38. The lowest BCUT2D eigenvalue weighted by molar-refractivity contribution is 0.207. The lowest BCUT2D eigenvalue weighted by atomic mass is 9.97. The van der Waals surface area contributed by atoms with Gasteiger partial charge in [-0.2, -0.15) is 0 Å². The molecule has 0 saturated carbocycles. The topological polar surface area (TPSA) is 64.0 Å². The van der Waals surface area contributed by atoms with E-state index >= 15 is 0 Å². The third kappa shape index (κ3) is 6.21. The maximum Gasteiger partial charge on any atom is 0.324 e. The number of carbonyl (C=O) groups is 1. The Hall–Kier alpha value is -2.77. The number of carbonyl (C=O) groups excluding carboxylic acids is 1. The quantitative estimate of drug-likeness (QED) is 0.363. The number of phenols is 2. The van der Waals surface area contributed by atoms with Crippen molar-refractivity contribution in [2.75, 3.05) is 29.5 Å². The minimum Gasteiger partial charge on any atom is -0.508 e. The number of anilines is 1. The van der Waals surface area contributed by atoms with Gasteiger partial charge in [0.15, 0.2) is 0 Å². The zero-order valence-electron chi connectivity index (χ0n) is 19.3. The summed E-state index contributed by atoms with van der Waals surface area (Å²) in [6, 6.07) is 22.8. The van der Waals surface area contributed by atoms with Crippen LogP contribution in [0.2, 0.25) is 0 Å². The molecule has 4 rings (SSSR count). The van der Waals surface area contributed by atoms with Crippen LogP contribution in [0.25, 0.3) is 0 Å². The van der Waals surface area contributed by atoms with Crippen molar-refractivity contribution in [1.29, 1.82) is 0 Å². The SMILES string of the molecule is CC1CCc2ccccc2N1C(=O)N(CCSc1ccc(O)cc1)CCSc1ccc(O)cc1. The van der Waals surface area contributed by atoms with Crippen LogP contribution in [0.4, 0.5) is 10.5 Å². The van der Waals surface area contributed by atoms with Crippen molar-refractivity contribution in [3.63, 3.8) is 0 Å². The van der Waals surface area contributed by atoms with E-state index in [2.05, 4.69) is 19.1 Å². The van der Waals surface area contributed by atoms with E-state index in [9.17, 15) is 15.0 Å². The van der Waals surface area contributed by atoms with Gasteiger partial charge >= 0.3 is 6.03 Å². The van der Waals surface area contributed by atoms with Crippen molar-refractivity contribution in [2.45, 2.75) is 35.6 Å². The number of nitrogens with zero attached hydrogens (tertiary/aromatic N) is 2. The fourth-order valence-electron chi connectivity index (χ4n) is 4.07. The maximum absolute atomic E-state index is 13.8. The number of fused-ring (bicyclic) bond motifs is 1. The molecule has 1 aliphatic heterocycles. The molecule has 1 aliphatic rings. The smallest absolute Gasteiger partial charge is 0.324 e. The number of phenolic OH excluding ortho intramolecular Hbond substituents is 2. The first-order valence-corrected chi connectivity index (χ1v) is 13.5. The van der Waals surface area contributed by atoms with Gasteiger partial charge in [-0.25, -0.2) is 4.79 Å². The third-order valence-corrected chi connectivity index (χ3v) is 7.92. The zero-order chi connectivity index (χ0) is 23.9. The molecule has 3 aromatic rings. The van der Waals surface area contributed by atoms with Gasteiger partial charge in [0.25, 0.3) is 0 Å². The van der Waals surface area contributed by atoms with Gasteiger partial charge in [0.1, 0.15) is 11.5 Å². The molecule has 3 aromatic carbocycles. The zero-order valence-corrected chi connectivity index (χ0v) is 20.9. The molecule has 34 heavy (non-hydrogen) atoms. The molecular formula is C27H30N2O3S2. The molecular weight excluding hydrogens is 464 g/mol. The Kier molecular flexibility index (Phi) is 8.29. The van der Waals surface area contributed by atoms with Crippen LogP contribution in [-0.4, -0.2) is 51.8 Å². The fraction of sp³-hybridized carbons (Fsp3) is 0.296. The van der Waals surface area contributed by atoms with E-state index in [0.717, 1.165) is 39.8 Å². The number of hydrogen-bond acceptors (Lipinski definition) is 5. The number of aromatic hydroxyl groups is 2. The van der Waals surface area contributed by atoms with Crippen LogP contribution in [0.15, 0.2) is 82.6 Å². The number of urea groups is 1. The molecule has 1 atom stereocenters. The van der Waals surface area contributed by atoms with Crippen molar-refractivity contribution in [3.8, 4) is 11.5 Å². The average Bonchev–Trinajstić information content (AvgIpc) is 2.85. The van der Waals surface area contributed by atoms with Crippen LogP contribution in [0.5, 0.6) is 11.5 Å². The molecule has 0 radical (unpaired) electrons. The summed E-state index contributed by atoms with van der Waals surface area (Å²) in [4.78, 5) is 19.9. The highest BCUT2D eigenvalue weighted by Crippen LogP contribution is 2.32. The summed E-state index contributed by atoms with van der Waals surface area (Å²) in [5.41, 5.74) is 2.25. The molecule has 0 spiro atoms. The second-order valence-electron chi connectivity index (χ2n) is 8.34. The molecule has 7 heteroatoms. The molecule has 5 nitrogen and oxygen atoms in total. The molecule has 0 bridgehead atoms. The van der Waals surface area contributed by atoms with Crippen LogP contribution < -0.4 is 4.90 Å². The maximum atomic E-state index is 13.8. The molecule has 2 N–H and O–H groups in total. The molecule has 0 fully saturated rings. The van der Waals surface area contributed by atoms with Crippen LogP contribution in [-0.2, 0) is 6.42 Å². The van der Waals surface area contributed by atoms with Gasteiger partial charge in [-0.05, 0) is 79.9 Å². The van der Waals surface area contributed by atoms with Gasteiger partial charge in [-0.1, -0.05) is 18.2 Å². The summed E-state index contributed by atoms with van der Waals surface area (Å²) in [5.74, 6) is 2.05. The highest BCUT2D eigenvalue weighted by Gasteiger charge is 2.31. The summed E-state index contributed by atoms with van der Waals surface area (Å²) >= 11 is 3.36. The van der Waals surface area contributed by atoms with Crippen molar-refractivity contribution in [2.24, 2.45) is 0 Å². The molecule has 178 valence electrons. The largest absolute Gasteiger partial charge is 0.508 e. The van der Waals surface area contributed by atoms with Crippen LogP contribution in [0.1, 0.15) is 18.9 Å². The van der Waals surface area contributed by atoms with Gasteiger partial charge in [-0.15, -0.1) is 23.5 Å². The van der Waals surface area contributed by atoms with E-state index in [-0.39, 0.29) is 23.6 Å². The van der Waals surface area contributed by atoms with E-state index in [1.165, 1.54) is 5.56 Å². The summed E-state index contributed by atoms with van der Waals surface area (Å²) in [5, 5.41) is 19.0. The first kappa shape index (κ1) is 24.4. The Morgan fingerprint density at radius 3 is 1.97 bits per heavy atom. The fourth-order valence-corrected chi connectivity index (χ4v) is 5.82. The number of thioether (sulfide) groups is 2. The Bertz CT molecular complexity index is 1040. The number of rotatable bonds is 8. The van der Waals surface area contributed by atoms with Crippen molar-refractivity contribution >= 4 is 35.2 Å². The highest BCUT2D eigenvalue weighted by atomic mass is 32.2. The van der Waals surface area contributed by atoms with Gasteiger partial charge < -0.3 is 15.1 Å². The molecule has 0 saturated heterocycles. The van der Waals surface area contributed by atoms with Crippen LogP contribution in [0.3, 0.4) is 0 Å². The average molecular weight is 495 g/mol. The van der Waals surface area contributed by atoms with E-state index in [1.807, 2.05) is 46.2 Å². The summed E-state index contributed by atoms with van der Waals surface area (Å²) in [6.07, 6.45) is 1.95. The van der Waals surface area contributed by atoms with E-state index in [1.54, 1.807) is 47.8 Å². The lowest BCUT2D eigenvalue weighted by Crippen LogP contribution is -2.50. The monoisotopic (exact) mass is 494 g/mol. The first-order chi connectivity index (χ1) is 16.5. The van der Waals surface area contributed by atoms with E-state index in [4.69, 9.17) is 0 Å². The minimum absolute atomic E-state index is 0.0530. The molecule has 0 aliphatic carbocycles. The first-order valence-electron chi connectivity index (χ1n) is 11.5. The highest BCUT2D eigenvalue weighted by molar-refractivity contribution is 7.99. The Labute approximate surface area is 209 Å². The molecule has 0 aromatic heterocycles. The number of benzene rings is 3. The van der Waals surface area contributed by atoms with E-state index in [0.29, 0.717) is 13.1 Å². The summed E-state index contributed by atoms with van der Waals surface area (Å²) in [6.45, 7) is 3.39. The minimum atomic E-state index is 0.0530. The second kappa shape index (κ2) is 11.6. The standard InChI is InChI=1S/C27H30N2O3S2/c1-20-6-7-21-4-2-3-5-26(21)29(20)27(32)28(16-18-33-24-12-8-22(30)9-13-24)17-19-34-25-14-10-23(31)11-15-25/h2-5,8-15,20,30-31H,6-7,16-19H2,1H3. The predicted octanol–water partition coefficient (Wildman–Crippen LogP) is 6.25. The Balaban J connectivity index is 1.45. The Morgan fingerprint density at radius 1 is 0.882 bits per heavy atom. The van der Waals surface area contributed by atoms with Gasteiger partial charge in [0, 0.05) is 46.1 Å². The normalized spacial score (nSPS) is 15.1. The number of para-hydroxylation sites is 1. The van der Waals surface area contributed by atoms with Crippen molar-refractivity contribution in [1.82, 2.24) is 4.90 Å². The van der Waals surface area contributed by atoms with Crippen LogP contribution >= 0.6 is 23.5 Å². The van der Waals surface area contributed by atoms with Crippen LogP contribution in [0, 0.1) is 0 Å². The number of hydrogen-bond donors (Lipinski definition) is 2. The van der Waals surface area contributed by atoms with Gasteiger partial charge in [-0.3, -0.25) is 4.90 Å². The predicted molar refractivity (Wildman–Crippen MR) is 141 cm³/mol. The van der Waals surface area contributed by atoms with Crippen molar-refractivity contribution < 1.29 is 15.0 Å². The molecule has 1 heterocycles. The Morgan fingerprint density at radius 2 is 1.41 bits per heavy atom. The second-order valence-corrected chi connectivity index (χ2v) is 10.7. The summed E-state index contributed by atoms with van der Waals surface area (Å²) < 4.78 is 0. The van der Waals surface area contributed by atoms with E-state index < -0.39 is 0 Å². The third-order valence-electron chi connectivity index (χ3n) is 5.93. The number of amides is 2. The van der Waals surface area contributed by atoms with Crippen molar-refractivity contribution in [3.05, 3.63) is 78.4 Å².